The molecule has 0 bridgehead atoms. The summed E-state index contributed by atoms with van der Waals surface area (Å²) in [6.45, 7) is 1.88. The third kappa shape index (κ3) is 3.50. The Morgan fingerprint density at radius 3 is 2.32 bits per heavy atom. The number of hydrogen-bond acceptors (Lipinski definition) is 1. The van der Waals surface area contributed by atoms with Gasteiger partial charge in [0, 0.05) is 27.1 Å². The molecule has 1 nitrogen and oxygen atoms in total. The first kappa shape index (κ1) is 14.4. The molecule has 0 amide bonds. The molecule has 0 aromatic heterocycles. The summed E-state index contributed by atoms with van der Waals surface area (Å²) in [7, 11) is 0. The van der Waals surface area contributed by atoms with E-state index in [2.05, 4.69) is 0 Å². The van der Waals surface area contributed by atoms with Crippen LogP contribution in [-0.4, -0.2) is 5.78 Å². The Morgan fingerprint density at radius 1 is 1.00 bits per heavy atom. The molecule has 0 aliphatic carbocycles. The van der Waals surface area contributed by atoms with Crippen molar-refractivity contribution in [2.75, 3.05) is 0 Å². The predicted molar refractivity (Wildman–Crippen MR) is 80.7 cm³/mol. The summed E-state index contributed by atoms with van der Waals surface area (Å²) in [5.41, 5.74) is 2.29. The minimum absolute atomic E-state index is 0.00998. The molecule has 0 saturated carbocycles. The van der Waals surface area contributed by atoms with Gasteiger partial charge in [0.1, 0.15) is 0 Å². The molecule has 4 heteroatoms. The third-order valence-corrected chi connectivity index (χ3v) is 3.69. The molecular formula is C15H11Cl3O. The van der Waals surface area contributed by atoms with Crippen molar-refractivity contribution < 1.29 is 4.79 Å². The second kappa shape index (κ2) is 5.96. The molecule has 0 spiro atoms. The lowest BCUT2D eigenvalue weighted by Crippen LogP contribution is -2.06. The average Bonchev–Trinajstić information content (AvgIpc) is 2.35. The number of halogens is 3. The molecule has 0 heterocycles. The van der Waals surface area contributed by atoms with E-state index in [0.29, 0.717) is 20.6 Å². The van der Waals surface area contributed by atoms with Gasteiger partial charge in [0.25, 0.3) is 0 Å². The fourth-order valence-corrected chi connectivity index (χ4v) is 2.48. The number of carbonyl (C=O) groups is 1. The Labute approximate surface area is 127 Å². The van der Waals surface area contributed by atoms with E-state index >= 15 is 0 Å². The van der Waals surface area contributed by atoms with E-state index in [1.54, 1.807) is 30.3 Å². The number of rotatable bonds is 3. The van der Waals surface area contributed by atoms with Gasteiger partial charge in [-0.05, 0) is 42.3 Å². The molecule has 0 radical (unpaired) electrons. The van der Waals surface area contributed by atoms with Crippen molar-refractivity contribution in [3.63, 3.8) is 0 Å². The van der Waals surface area contributed by atoms with Gasteiger partial charge in [-0.25, -0.2) is 0 Å². The highest BCUT2D eigenvalue weighted by Gasteiger charge is 2.12. The van der Waals surface area contributed by atoms with Crippen LogP contribution in [0.15, 0.2) is 36.4 Å². The lowest BCUT2D eigenvalue weighted by Gasteiger charge is -2.07. The Hall–Kier alpha value is -1.02. The zero-order valence-corrected chi connectivity index (χ0v) is 12.5. The van der Waals surface area contributed by atoms with Crippen LogP contribution in [0.3, 0.4) is 0 Å². The number of hydrogen-bond donors (Lipinski definition) is 0. The van der Waals surface area contributed by atoms with Gasteiger partial charge in [0.2, 0.25) is 0 Å². The van der Waals surface area contributed by atoms with Crippen molar-refractivity contribution in [1.29, 1.82) is 0 Å². The van der Waals surface area contributed by atoms with Gasteiger partial charge < -0.3 is 0 Å². The van der Waals surface area contributed by atoms with Crippen LogP contribution in [0.5, 0.6) is 0 Å². The molecule has 0 fully saturated rings. The van der Waals surface area contributed by atoms with Gasteiger partial charge in [-0.2, -0.15) is 0 Å². The van der Waals surface area contributed by atoms with Crippen molar-refractivity contribution in [1.82, 2.24) is 0 Å². The van der Waals surface area contributed by atoms with Crippen LogP contribution in [0.25, 0.3) is 0 Å². The first-order valence-corrected chi connectivity index (χ1v) is 6.84. The fourth-order valence-electron chi connectivity index (χ4n) is 1.83. The molecule has 2 rings (SSSR count). The summed E-state index contributed by atoms with van der Waals surface area (Å²) in [4.78, 5) is 12.3. The van der Waals surface area contributed by atoms with Gasteiger partial charge >= 0.3 is 0 Å². The Kier molecular flexibility index (Phi) is 4.51. The molecule has 0 unspecified atom stereocenters. The molecule has 0 saturated heterocycles. The molecule has 0 atom stereocenters. The third-order valence-electron chi connectivity index (χ3n) is 2.87. The molecule has 2 aromatic carbocycles. The minimum Gasteiger partial charge on any atom is -0.294 e. The second-order valence-electron chi connectivity index (χ2n) is 4.29. The molecule has 0 N–H and O–H groups in total. The van der Waals surface area contributed by atoms with Crippen molar-refractivity contribution in [2.24, 2.45) is 0 Å². The Morgan fingerprint density at radius 2 is 1.63 bits per heavy atom. The summed E-state index contributed by atoms with van der Waals surface area (Å²) in [5.74, 6) is -0.00998. The predicted octanol–water partition coefficient (Wildman–Crippen LogP) is 5.38. The van der Waals surface area contributed by atoms with Crippen LogP contribution in [0.2, 0.25) is 15.1 Å². The Bertz CT molecular complexity index is 635. The van der Waals surface area contributed by atoms with Crippen molar-refractivity contribution in [3.8, 4) is 0 Å². The standard InChI is InChI=1S/C15H11Cl3O/c1-9-2-4-11(16)7-13(9)15(19)6-10-3-5-12(17)8-14(10)18/h2-5,7-8H,6H2,1H3. The number of benzene rings is 2. The highest BCUT2D eigenvalue weighted by molar-refractivity contribution is 6.35. The smallest absolute Gasteiger partial charge is 0.167 e. The van der Waals surface area contributed by atoms with Crippen LogP contribution in [-0.2, 0) is 6.42 Å². The highest BCUT2D eigenvalue weighted by Crippen LogP contribution is 2.23. The van der Waals surface area contributed by atoms with Crippen molar-refractivity contribution >= 4 is 40.6 Å². The van der Waals surface area contributed by atoms with Crippen LogP contribution >= 0.6 is 34.8 Å². The van der Waals surface area contributed by atoms with E-state index < -0.39 is 0 Å². The van der Waals surface area contributed by atoms with E-state index in [9.17, 15) is 4.79 Å². The summed E-state index contributed by atoms with van der Waals surface area (Å²) in [6.07, 6.45) is 0.233. The first-order valence-electron chi connectivity index (χ1n) is 5.70. The van der Waals surface area contributed by atoms with Crippen LogP contribution in [0.4, 0.5) is 0 Å². The van der Waals surface area contributed by atoms with Crippen molar-refractivity contribution in [3.05, 3.63) is 68.2 Å². The van der Waals surface area contributed by atoms with Gasteiger partial charge in [-0.3, -0.25) is 4.79 Å². The second-order valence-corrected chi connectivity index (χ2v) is 5.57. The van der Waals surface area contributed by atoms with Crippen molar-refractivity contribution in [2.45, 2.75) is 13.3 Å². The summed E-state index contributed by atoms with van der Waals surface area (Å²) in [5, 5.41) is 1.61. The zero-order valence-electron chi connectivity index (χ0n) is 10.2. The Balaban J connectivity index is 2.28. The topological polar surface area (TPSA) is 17.1 Å². The van der Waals surface area contributed by atoms with Gasteiger partial charge in [-0.1, -0.05) is 46.9 Å². The van der Waals surface area contributed by atoms with Crippen LogP contribution < -0.4 is 0 Å². The maximum absolute atomic E-state index is 12.3. The van der Waals surface area contributed by atoms with Gasteiger partial charge in [0.15, 0.2) is 5.78 Å². The van der Waals surface area contributed by atoms with E-state index in [1.807, 2.05) is 13.0 Å². The number of aryl methyl sites for hydroxylation is 1. The highest BCUT2D eigenvalue weighted by atomic mass is 35.5. The lowest BCUT2D eigenvalue weighted by atomic mass is 9.99. The quantitative estimate of drug-likeness (QED) is 0.695. The molecule has 19 heavy (non-hydrogen) atoms. The maximum atomic E-state index is 12.3. The van der Waals surface area contributed by atoms with Gasteiger partial charge in [0.05, 0.1) is 0 Å². The largest absolute Gasteiger partial charge is 0.294 e. The number of ketones is 1. The minimum atomic E-state index is -0.00998. The molecule has 98 valence electrons. The maximum Gasteiger partial charge on any atom is 0.167 e. The molecule has 0 aliphatic rings. The van der Waals surface area contributed by atoms with E-state index in [4.69, 9.17) is 34.8 Å². The molecule has 0 aliphatic heterocycles. The zero-order chi connectivity index (χ0) is 14.0. The van der Waals surface area contributed by atoms with E-state index in [0.717, 1.165) is 11.1 Å². The summed E-state index contributed by atoms with van der Waals surface area (Å²) in [6, 6.07) is 10.4. The first-order chi connectivity index (χ1) is 8.97. The molecule has 2 aromatic rings. The van der Waals surface area contributed by atoms with Crippen LogP contribution in [0, 0.1) is 6.92 Å². The monoisotopic (exact) mass is 312 g/mol. The molecular weight excluding hydrogens is 303 g/mol. The van der Waals surface area contributed by atoms with Crippen LogP contribution in [0.1, 0.15) is 21.5 Å². The number of Topliss-reactive ketones (excluding diaryl/α,β-unsaturated/α-hetero) is 1. The normalized spacial score (nSPS) is 10.5. The van der Waals surface area contributed by atoms with E-state index in [-0.39, 0.29) is 12.2 Å². The summed E-state index contributed by atoms with van der Waals surface area (Å²) < 4.78 is 0. The average molecular weight is 314 g/mol. The lowest BCUT2D eigenvalue weighted by molar-refractivity contribution is 0.0992. The summed E-state index contributed by atoms with van der Waals surface area (Å²) >= 11 is 17.8. The number of carbonyl (C=O) groups excluding carboxylic acids is 1. The van der Waals surface area contributed by atoms with E-state index in [1.165, 1.54) is 0 Å². The van der Waals surface area contributed by atoms with Gasteiger partial charge in [-0.15, -0.1) is 0 Å². The SMILES string of the molecule is Cc1ccc(Cl)cc1C(=O)Cc1ccc(Cl)cc1Cl. The fraction of sp³-hybridized carbons (Fsp3) is 0.133.